The molecule has 0 radical (unpaired) electrons. The third kappa shape index (κ3) is 4.05. The lowest BCUT2D eigenvalue weighted by atomic mass is 9.99. The van der Waals surface area contributed by atoms with E-state index >= 15 is 0 Å². The molecule has 12 heteroatoms. The van der Waals surface area contributed by atoms with Crippen molar-refractivity contribution in [2.45, 2.75) is 6.42 Å². The number of amides is 2. The summed E-state index contributed by atoms with van der Waals surface area (Å²) >= 11 is 1.35. The zero-order valence-electron chi connectivity index (χ0n) is 16.1. The van der Waals surface area contributed by atoms with Gasteiger partial charge in [0.15, 0.2) is 10.8 Å². The van der Waals surface area contributed by atoms with Crippen LogP contribution in [0, 0.1) is 5.92 Å². The van der Waals surface area contributed by atoms with Crippen LogP contribution in [0.5, 0.6) is 0 Å². The van der Waals surface area contributed by atoms with Crippen LogP contribution in [0.4, 0.5) is 5.13 Å². The van der Waals surface area contributed by atoms with Gasteiger partial charge in [-0.05, 0) is 12.1 Å². The molecule has 0 aromatic carbocycles. The van der Waals surface area contributed by atoms with E-state index in [1.54, 1.807) is 35.1 Å². The molecule has 0 atom stereocenters. The molecule has 4 aromatic rings. The van der Waals surface area contributed by atoms with Gasteiger partial charge < -0.3 is 14.6 Å². The van der Waals surface area contributed by atoms with Crippen LogP contribution in [0.2, 0.25) is 0 Å². The molecule has 0 spiro atoms. The Morgan fingerprint density at radius 3 is 2.71 bits per heavy atom. The molecule has 5 heterocycles. The lowest BCUT2D eigenvalue weighted by Crippen LogP contribution is -2.54. The van der Waals surface area contributed by atoms with Crippen LogP contribution >= 0.6 is 11.3 Å². The summed E-state index contributed by atoms with van der Waals surface area (Å²) in [6, 6.07) is 3.67. The van der Waals surface area contributed by atoms with Crippen molar-refractivity contribution in [3.8, 4) is 5.69 Å². The minimum absolute atomic E-state index is 0.139. The second-order valence-corrected chi connectivity index (χ2v) is 7.76. The Morgan fingerprint density at radius 2 is 2.00 bits per heavy atom. The third-order valence-corrected chi connectivity index (χ3v) is 5.45. The van der Waals surface area contributed by atoms with Gasteiger partial charge in [-0.15, -0.1) is 11.3 Å². The number of oxazole rings is 1. The van der Waals surface area contributed by atoms with Crippen molar-refractivity contribution >= 4 is 28.3 Å². The largest absolute Gasteiger partial charge is 0.448 e. The zero-order valence-corrected chi connectivity index (χ0v) is 16.9. The van der Waals surface area contributed by atoms with Crippen LogP contribution in [-0.2, 0) is 11.2 Å². The highest BCUT2D eigenvalue weighted by atomic mass is 32.1. The van der Waals surface area contributed by atoms with Crippen LogP contribution in [0.25, 0.3) is 5.69 Å². The lowest BCUT2D eigenvalue weighted by Gasteiger charge is -2.37. The fraction of sp³-hybridized carbons (Fsp3) is 0.211. The molecule has 1 aliphatic rings. The van der Waals surface area contributed by atoms with Gasteiger partial charge in [0.1, 0.15) is 12.0 Å². The van der Waals surface area contributed by atoms with Gasteiger partial charge in [0.25, 0.3) is 5.91 Å². The Hall–Kier alpha value is -3.93. The molecule has 4 aromatic heterocycles. The van der Waals surface area contributed by atoms with Crippen LogP contribution in [0.3, 0.4) is 0 Å². The van der Waals surface area contributed by atoms with E-state index in [-0.39, 0.29) is 23.4 Å². The Labute approximate surface area is 179 Å². The average molecular weight is 436 g/mol. The fourth-order valence-corrected chi connectivity index (χ4v) is 3.63. The first kappa shape index (κ1) is 19.1. The molecule has 31 heavy (non-hydrogen) atoms. The maximum Gasteiger partial charge on any atom is 0.275 e. The van der Waals surface area contributed by atoms with E-state index in [0.717, 1.165) is 11.4 Å². The molecule has 2 amide bonds. The second kappa shape index (κ2) is 8.07. The highest BCUT2D eigenvalue weighted by molar-refractivity contribution is 7.13. The molecule has 0 saturated carbocycles. The Kier molecular flexibility index (Phi) is 4.96. The van der Waals surface area contributed by atoms with Crippen LogP contribution in [-0.4, -0.2) is 59.7 Å². The topological polar surface area (TPSA) is 132 Å². The molecule has 5 rings (SSSR count). The first-order chi connectivity index (χ1) is 15.2. The Morgan fingerprint density at radius 1 is 1.16 bits per heavy atom. The zero-order chi connectivity index (χ0) is 21.2. The molecule has 1 aliphatic heterocycles. The number of anilines is 1. The highest BCUT2D eigenvalue weighted by Crippen LogP contribution is 2.21. The number of rotatable bonds is 6. The summed E-state index contributed by atoms with van der Waals surface area (Å²) < 4.78 is 5.44. The van der Waals surface area contributed by atoms with E-state index < -0.39 is 0 Å². The first-order valence-corrected chi connectivity index (χ1v) is 10.3. The van der Waals surface area contributed by atoms with Crippen LogP contribution in [0.15, 0.2) is 53.0 Å². The number of likely N-dealkylation sites (tertiary alicyclic amines) is 1. The summed E-state index contributed by atoms with van der Waals surface area (Å²) in [4.78, 5) is 40.5. The van der Waals surface area contributed by atoms with Gasteiger partial charge in [-0.1, -0.05) is 0 Å². The Bertz CT molecular complexity index is 1180. The van der Waals surface area contributed by atoms with Crippen LogP contribution in [0.1, 0.15) is 22.1 Å². The number of nitrogens with zero attached hydrogens (tertiary/aromatic N) is 7. The van der Waals surface area contributed by atoms with Gasteiger partial charge in [-0.25, -0.2) is 9.97 Å². The van der Waals surface area contributed by atoms with E-state index in [0.29, 0.717) is 30.5 Å². The van der Waals surface area contributed by atoms with Crippen molar-refractivity contribution in [2.24, 2.45) is 5.92 Å². The molecular formula is C19H16N8O3S. The number of hydrogen-bond donors (Lipinski definition) is 1. The molecule has 0 bridgehead atoms. The second-order valence-electron chi connectivity index (χ2n) is 6.86. The predicted octanol–water partition coefficient (Wildman–Crippen LogP) is 1.41. The van der Waals surface area contributed by atoms with E-state index in [9.17, 15) is 9.59 Å². The van der Waals surface area contributed by atoms with E-state index in [1.807, 2.05) is 12.1 Å². The van der Waals surface area contributed by atoms with Gasteiger partial charge in [0, 0.05) is 30.4 Å². The van der Waals surface area contributed by atoms with E-state index in [2.05, 4.69) is 30.5 Å². The molecule has 1 fully saturated rings. The molecule has 1 saturated heterocycles. The smallest absolute Gasteiger partial charge is 0.275 e. The molecular weight excluding hydrogens is 420 g/mol. The van der Waals surface area contributed by atoms with Gasteiger partial charge in [-0.3, -0.25) is 14.6 Å². The Balaban J connectivity index is 1.15. The number of aromatic nitrogens is 6. The predicted molar refractivity (Wildman–Crippen MR) is 109 cm³/mol. The van der Waals surface area contributed by atoms with Crippen molar-refractivity contribution in [1.82, 2.24) is 34.8 Å². The highest BCUT2D eigenvalue weighted by Gasteiger charge is 2.37. The number of carbonyl (C=O) groups is 2. The third-order valence-electron chi connectivity index (χ3n) is 4.76. The number of pyridine rings is 1. The van der Waals surface area contributed by atoms with Crippen molar-refractivity contribution in [2.75, 3.05) is 18.4 Å². The summed E-state index contributed by atoms with van der Waals surface area (Å²) in [6.07, 6.45) is 8.14. The standard InChI is InChI=1S/C19H16N8O3S/c28-17(25-19-20-5-6-31-19)12-9-26(10-12)18(29)15-11-30-16(24-15)7-13-1-2-14(8-21-13)27-22-3-4-23-27/h1-6,8,11-12H,7,9-10H2,(H,20,25,28). The summed E-state index contributed by atoms with van der Waals surface area (Å²) in [7, 11) is 0. The number of thiazole rings is 1. The average Bonchev–Trinajstić information content (AvgIpc) is 3.50. The van der Waals surface area contributed by atoms with E-state index in [1.165, 1.54) is 22.4 Å². The number of hydrogen-bond acceptors (Lipinski definition) is 9. The summed E-state index contributed by atoms with van der Waals surface area (Å²) in [5.74, 6) is -0.272. The van der Waals surface area contributed by atoms with E-state index in [4.69, 9.17) is 4.42 Å². The van der Waals surface area contributed by atoms with Gasteiger partial charge in [0.2, 0.25) is 11.8 Å². The van der Waals surface area contributed by atoms with Gasteiger partial charge >= 0.3 is 0 Å². The molecule has 156 valence electrons. The minimum Gasteiger partial charge on any atom is -0.448 e. The monoisotopic (exact) mass is 436 g/mol. The molecule has 0 aliphatic carbocycles. The summed E-state index contributed by atoms with van der Waals surface area (Å²) in [6.45, 7) is 0.672. The van der Waals surface area contributed by atoms with Crippen molar-refractivity contribution in [3.05, 3.63) is 65.8 Å². The lowest BCUT2D eigenvalue weighted by molar-refractivity contribution is -0.123. The first-order valence-electron chi connectivity index (χ1n) is 9.41. The fourth-order valence-electron chi connectivity index (χ4n) is 3.10. The normalized spacial score (nSPS) is 13.7. The maximum atomic E-state index is 12.6. The minimum atomic E-state index is -0.263. The summed E-state index contributed by atoms with van der Waals surface area (Å²) in [5.41, 5.74) is 1.69. The van der Waals surface area contributed by atoms with Crippen molar-refractivity contribution in [3.63, 3.8) is 0 Å². The quantitative estimate of drug-likeness (QED) is 0.480. The molecule has 11 nitrogen and oxygen atoms in total. The molecule has 1 N–H and O–H groups in total. The number of nitrogens with one attached hydrogen (secondary N) is 1. The SMILES string of the molecule is O=C(Nc1nccs1)C1CN(C(=O)c2coc(Cc3ccc(-n4nccn4)cn3)n2)C1. The molecule has 0 unspecified atom stereocenters. The van der Waals surface area contributed by atoms with Crippen molar-refractivity contribution < 1.29 is 14.0 Å². The summed E-state index contributed by atoms with van der Waals surface area (Å²) in [5, 5.41) is 13.2. The maximum absolute atomic E-state index is 12.6. The number of carbonyl (C=O) groups excluding carboxylic acids is 2. The van der Waals surface area contributed by atoms with Gasteiger partial charge in [-0.2, -0.15) is 15.0 Å². The van der Waals surface area contributed by atoms with Gasteiger partial charge in [0.05, 0.1) is 30.9 Å². The van der Waals surface area contributed by atoms with Crippen molar-refractivity contribution in [1.29, 1.82) is 0 Å². The van der Waals surface area contributed by atoms with Crippen LogP contribution < -0.4 is 5.32 Å².